The molecular weight excluding hydrogens is 280 g/mol. The Kier molecular flexibility index (Phi) is 4.49. The highest BCUT2D eigenvalue weighted by atomic mass is 19.1. The second kappa shape index (κ2) is 6.32. The Hall–Kier alpha value is -2.47. The first-order valence-corrected chi connectivity index (χ1v) is 6.12. The van der Waals surface area contributed by atoms with E-state index in [0.29, 0.717) is 11.1 Å². The van der Waals surface area contributed by atoms with Crippen LogP contribution in [0.15, 0.2) is 42.5 Å². The topological polar surface area (TPSA) is 72.6 Å². The van der Waals surface area contributed by atoms with E-state index >= 15 is 0 Å². The minimum Gasteiger partial charge on any atom is -0.486 e. The van der Waals surface area contributed by atoms with E-state index in [0.717, 1.165) is 18.2 Å². The minimum absolute atomic E-state index is 0.0307. The van der Waals surface area contributed by atoms with Gasteiger partial charge in [0, 0.05) is 6.07 Å². The fourth-order valence-electron chi connectivity index (χ4n) is 1.71. The SMILES string of the molecule is N[C@H](C(=O)O)c1ccc(COc2cc(F)ccc2F)cc1. The average Bonchev–Trinajstić information content (AvgIpc) is 2.48. The highest BCUT2D eigenvalue weighted by molar-refractivity contribution is 5.75. The molecule has 0 fully saturated rings. The van der Waals surface area contributed by atoms with Gasteiger partial charge in [-0.1, -0.05) is 24.3 Å². The monoisotopic (exact) mass is 293 g/mol. The van der Waals surface area contributed by atoms with Gasteiger partial charge in [-0.15, -0.1) is 0 Å². The van der Waals surface area contributed by atoms with E-state index < -0.39 is 23.6 Å². The molecule has 1 atom stereocenters. The molecule has 3 N–H and O–H groups in total. The molecule has 4 nitrogen and oxygen atoms in total. The first-order chi connectivity index (χ1) is 9.97. The predicted octanol–water partition coefficient (Wildman–Crippen LogP) is 2.63. The van der Waals surface area contributed by atoms with Crippen molar-refractivity contribution in [1.82, 2.24) is 0 Å². The Morgan fingerprint density at radius 1 is 1.19 bits per heavy atom. The van der Waals surface area contributed by atoms with Crippen LogP contribution in [0.4, 0.5) is 8.78 Å². The Morgan fingerprint density at radius 3 is 2.48 bits per heavy atom. The molecule has 0 aliphatic carbocycles. The van der Waals surface area contributed by atoms with Crippen molar-refractivity contribution in [2.75, 3.05) is 0 Å². The minimum atomic E-state index is -1.12. The van der Waals surface area contributed by atoms with Gasteiger partial charge in [0.1, 0.15) is 18.5 Å². The molecule has 0 aromatic heterocycles. The number of hydrogen-bond donors (Lipinski definition) is 2. The number of aliphatic carboxylic acids is 1. The molecule has 0 aliphatic heterocycles. The van der Waals surface area contributed by atoms with Crippen molar-refractivity contribution in [2.45, 2.75) is 12.6 Å². The molecule has 0 spiro atoms. The largest absolute Gasteiger partial charge is 0.486 e. The van der Waals surface area contributed by atoms with Gasteiger partial charge in [0.25, 0.3) is 0 Å². The van der Waals surface area contributed by atoms with Crippen molar-refractivity contribution >= 4 is 5.97 Å². The van der Waals surface area contributed by atoms with Crippen LogP contribution < -0.4 is 10.5 Å². The van der Waals surface area contributed by atoms with Gasteiger partial charge in [-0.2, -0.15) is 0 Å². The second-order valence-electron chi connectivity index (χ2n) is 4.42. The summed E-state index contributed by atoms with van der Waals surface area (Å²) in [6.07, 6.45) is 0. The number of nitrogens with two attached hydrogens (primary N) is 1. The molecule has 2 rings (SSSR count). The van der Waals surface area contributed by atoms with E-state index in [9.17, 15) is 13.6 Å². The summed E-state index contributed by atoms with van der Waals surface area (Å²) in [4.78, 5) is 10.7. The van der Waals surface area contributed by atoms with Crippen LogP contribution in [0.25, 0.3) is 0 Å². The lowest BCUT2D eigenvalue weighted by molar-refractivity contribution is -0.138. The molecule has 110 valence electrons. The number of carbonyl (C=O) groups is 1. The number of ether oxygens (including phenoxy) is 1. The van der Waals surface area contributed by atoms with E-state index in [-0.39, 0.29) is 12.4 Å². The fraction of sp³-hybridized carbons (Fsp3) is 0.133. The lowest BCUT2D eigenvalue weighted by atomic mass is 10.1. The van der Waals surface area contributed by atoms with Crippen molar-refractivity contribution in [3.05, 3.63) is 65.2 Å². The summed E-state index contributed by atoms with van der Waals surface area (Å²) < 4.78 is 31.5. The maximum atomic E-state index is 13.4. The maximum Gasteiger partial charge on any atom is 0.325 e. The maximum absolute atomic E-state index is 13.4. The first-order valence-electron chi connectivity index (χ1n) is 6.12. The van der Waals surface area contributed by atoms with Crippen molar-refractivity contribution in [3.8, 4) is 5.75 Å². The summed E-state index contributed by atoms with van der Waals surface area (Å²) in [5.41, 5.74) is 6.60. The van der Waals surface area contributed by atoms with Gasteiger partial charge in [0.05, 0.1) is 0 Å². The lowest BCUT2D eigenvalue weighted by Gasteiger charge is -2.10. The van der Waals surface area contributed by atoms with Crippen LogP contribution in [-0.2, 0) is 11.4 Å². The van der Waals surface area contributed by atoms with Crippen molar-refractivity contribution < 1.29 is 23.4 Å². The standard InChI is InChI=1S/C15H13F2NO3/c16-11-5-6-12(17)13(7-11)21-8-9-1-3-10(4-2-9)14(18)15(19)20/h1-7,14H,8,18H2,(H,19,20)/t14-/m0/s1. The third-order valence-electron chi connectivity index (χ3n) is 2.89. The summed E-state index contributed by atoms with van der Waals surface area (Å²) in [5, 5.41) is 8.79. The quantitative estimate of drug-likeness (QED) is 0.889. The molecule has 0 saturated heterocycles. The molecule has 2 aromatic carbocycles. The summed E-state index contributed by atoms with van der Waals surface area (Å²) in [7, 11) is 0. The number of carboxylic acid groups (broad SMARTS) is 1. The van der Waals surface area contributed by atoms with Crippen LogP contribution in [0.5, 0.6) is 5.75 Å². The van der Waals surface area contributed by atoms with Crippen LogP contribution in [0, 0.1) is 11.6 Å². The number of benzene rings is 2. The average molecular weight is 293 g/mol. The van der Waals surface area contributed by atoms with Gasteiger partial charge in [-0.05, 0) is 23.3 Å². The van der Waals surface area contributed by atoms with E-state index in [1.54, 1.807) is 24.3 Å². The summed E-state index contributed by atoms with van der Waals surface area (Å²) >= 11 is 0. The van der Waals surface area contributed by atoms with Crippen LogP contribution in [-0.4, -0.2) is 11.1 Å². The third kappa shape index (κ3) is 3.76. The van der Waals surface area contributed by atoms with E-state index in [2.05, 4.69) is 0 Å². The number of carboxylic acids is 1. The van der Waals surface area contributed by atoms with Crippen LogP contribution in [0.1, 0.15) is 17.2 Å². The van der Waals surface area contributed by atoms with Gasteiger partial charge in [-0.25, -0.2) is 8.78 Å². The molecule has 0 heterocycles. The van der Waals surface area contributed by atoms with Crippen LogP contribution in [0.2, 0.25) is 0 Å². The fourth-order valence-corrected chi connectivity index (χ4v) is 1.71. The number of rotatable bonds is 5. The zero-order chi connectivity index (χ0) is 15.4. The van der Waals surface area contributed by atoms with Gasteiger partial charge in [-0.3, -0.25) is 4.79 Å². The van der Waals surface area contributed by atoms with Gasteiger partial charge in [0.15, 0.2) is 11.6 Å². The molecule has 0 saturated carbocycles. The first kappa shape index (κ1) is 14.9. The Morgan fingerprint density at radius 2 is 1.86 bits per heavy atom. The lowest BCUT2D eigenvalue weighted by Crippen LogP contribution is -2.20. The Labute approximate surface area is 119 Å². The van der Waals surface area contributed by atoms with E-state index in [1.807, 2.05) is 0 Å². The van der Waals surface area contributed by atoms with Crippen LogP contribution >= 0.6 is 0 Å². The second-order valence-corrected chi connectivity index (χ2v) is 4.42. The smallest absolute Gasteiger partial charge is 0.325 e. The molecule has 0 radical (unpaired) electrons. The van der Waals surface area contributed by atoms with Crippen molar-refractivity contribution in [2.24, 2.45) is 5.73 Å². The number of halogens is 2. The van der Waals surface area contributed by atoms with Gasteiger partial charge < -0.3 is 15.6 Å². The van der Waals surface area contributed by atoms with Gasteiger partial charge in [0.2, 0.25) is 0 Å². The molecule has 0 aliphatic rings. The molecule has 6 heteroatoms. The normalized spacial score (nSPS) is 12.0. The number of hydrogen-bond acceptors (Lipinski definition) is 3. The highest BCUT2D eigenvalue weighted by Crippen LogP contribution is 2.20. The highest BCUT2D eigenvalue weighted by Gasteiger charge is 2.13. The molecule has 2 aromatic rings. The molecule has 0 unspecified atom stereocenters. The zero-order valence-electron chi connectivity index (χ0n) is 10.9. The summed E-state index contributed by atoms with van der Waals surface area (Å²) in [6.45, 7) is 0.0307. The van der Waals surface area contributed by atoms with Crippen molar-refractivity contribution in [3.63, 3.8) is 0 Å². The third-order valence-corrected chi connectivity index (χ3v) is 2.89. The van der Waals surface area contributed by atoms with Crippen LogP contribution in [0.3, 0.4) is 0 Å². The van der Waals surface area contributed by atoms with E-state index in [4.69, 9.17) is 15.6 Å². The molecule has 0 bridgehead atoms. The predicted molar refractivity (Wildman–Crippen MR) is 71.7 cm³/mol. The van der Waals surface area contributed by atoms with E-state index in [1.165, 1.54) is 0 Å². The molecule has 21 heavy (non-hydrogen) atoms. The summed E-state index contributed by atoms with van der Waals surface area (Å²) in [5.74, 6) is -2.54. The van der Waals surface area contributed by atoms with Gasteiger partial charge >= 0.3 is 5.97 Å². The Balaban J connectivity index is 2.04. The molecular formula is C15H13F2NO3. The zero-order valence-corrected chi connectivity index (χ0v) is 10.9. The Bertz CT molecular complexity index is 644. The van der Waals surface area contributed by atoms with Crippen molar-refractivity contribution in [1.29, 1.82) is 0 Å². The molecule has 0 amide bonds. The summed E-state index contributed by atoms with van der Waals surface area (Å²) in [6, 6.07) is 8.21.